The molecule has 0 saturated heterocycles. The van der Waals surface area contributed by atoms with E-state index in [1.807, 2.05) is 86.6 Å². The number of ether oxygens (including phenoxy) is 1. The second kappa shape index (κ2) is 38.8. The lowest BCUT2D eigenvalue weighted by atomic mass is 10.4. The first-order valence-electron chi connectivity index (χ1n) is 8.32. The Hall–Kier alpha value is -3.53. The summed E-state index contributed by atoms with van der Waals surface area (Å²) in [5, 5.41) is 2.25. The summed E-state index contributed by atoms with van der Waals surface area (Å²) in [6.45, 7) is 4.00. The highest BCUT2D eigenvalue weighted by atomic mass is 16.5. The zero-order chi connectivity index (χ0) is 22.3. The minimum atomic E-state index is -0.407. The van der Waals surface area contributed by atoms with E-state index in [-0.39, 0.29) is 0 Å². The molecule has 0 aromatic heterocycles. The number of benzene rings is 2. The highest BCUT2D eigenvalue weighted by Crippen LogP contribution is 1.80. The standard InChI is InChI=1S/2C6H6.C3H7NO2.2C2H3NO.C2H6/c2*1-2-4-6-5-3-1;1-4-3(5)6-2;2*1-3-2-4;1-2/h2*1-6H;1-2H3,(H,4,5);2*1H3;1-2H3. The molecule has 0 unspecified atom stereocenters. The van der Waals surface area contributed by atoms with Gasteiger partial charge in [-0.2, -0.15) is 0 Å². The van der Waals surface area contributed by atoms with E-state index >= 15 is 0 Å². The lowest BCUT2D eigenvalue weighted by Gasteiger charge is -1.90. The van der Waals surface area contributed by atoms with Crippen LogP contribution in [-0.4, -0.2) is 46.5 Å². The Kier molecular flexibility index (Phi) is 44.6. The molecule has 0 fully saturated rings. The third-order valence-electron chi connectivity index (χ3n) is 1.91. The first-order chi connectivity index (χ1) is 13.6. The molecule has 0 atom stereocenters. The van der Waals surface area contributed by atoms with E-state index in [1.54, 1.807) is 0 Å². The molecule has 0 bridgehead atoms. The number of carbonyl (C=O) groups is 1. The van der Waals surface area contributed by atoms with Gasteiger partial charge in [-0.25, -0.2) is 24.4 Å². The minimum Gasteiger partial charge on any atom is -0.453 e. The number of aliphatic imine (C=N–C) groups is 2. The molecule has 7 nitrogen and oxygen atoms in total. The molecule has 0 radical (unpaired) electrons. The van der Waals surface area contributed by atoms with Crippen molar-refractivity contribution in [2.24, 2.45) is 9.98 Å². The molecule has 1 amide bonds. The van der Waals surface area contributed by atoms with Crippen LogP contribution in [-0.2, 0) is 14.3 Å². The number of nitrogens with zero attached hydrogens (tertiary/aromatic N) is 2. The predicted octanol–water partition coefficient (Wildman–Crippen LogP) is 4.28. The topological polar surface area (TPSA) is 97.2 Å². The number of carbonyl (C=O) groups excluding carboxylic acids is 3. The number of hydrogen-bond acceptors (Lipinski definition) is 6. The number of methoxy groups -OCH3 is 1. The molecule has 1 N–H and O–H groups in total. The van der Waals surface area contributed by atoms with Crippen LogP contribution in [0.25, 0.3) is 0 Å². The molecule has 28 heavy (non-hydrogen) atoms. The third-order valence-corrected chi connectivity index (χ3v) is 1.91. The highest BCUT2D eigenvalue weighted by molar-refractivity contribution is 5.66. The molecule has 0 saturated carbocycles. The molecule has 0 spiro atoms. The zero-order valence-electron chi connectivity index (χ0n) is 17.5. The average Bonchev–Trinajstić information content (AvgIpc) is 2.83. The van der Waals surface area contributed by atoms with Gasteiger partial charge in [0.1, 0.15) is 0 Å². The first-order valence-corrected chi connectivity index (χ1v) is 8.32. The summed E-state index contributed by atoms with van der Waals surface area (Å²) < 4.78 is 4.15. The van der Waals surface area contributed by atoms with Crippen LogP contribution in [0.15, 0.2) is 82.8 Å². The van der Waals surface area contributed by atoms with Crippen molar-refractivity contribution in [1.82, 2.24) is 5.32 Å². The van der Waals surface area contributed by atoms with Crippen LogP contribution in [0.5, 0.6) is 0 Å². The van der Waals surface area contributed by atoms with Gasteiger partial charge in [0.25, 0.3) is 0 Å². The van der Waals surface area contributed by atoms with Gasteiger partial charge in [0.05, 0.1) is 7.11 Å². The lowest BCUT2D eigenvalue weighted by Crippen LogP contribution is -2.16. The Labute approximate surface area is 168 Å². The summed E-state index contributed by atoms with van der Waals surface area (Å²) in [5.41, 5.74) is 0. The molecular formula is C21H31N3O4. The fraction of sp³-hybridized carbons (Fsp3) is 0.286. The van der Waals surface area contributed by atoms with Crippen LogP contribution in [0.1, 0.15) is 13.8 Å². The van der Waals surface area contributed by atoms with E-state index < -0.39 is 6.09 Å². The van der Waals surface area contributed by atoms with Crippen molar-refractivity contribution in [3.05, 3.63) is 72.8 Å². The van der Waals surface area contributed by atoms with E-state index in [0.717, 1.165) is 0 Å². The predicted molar refractivity (Wildman–Crippen MR) is 114 cm³/mol. The molecule has 2 aromatic rings. The summed E-state index contributed by atoms with van der Waals surface area (Å²) in [4.78, 5) is 33.5. The van der Waals surface area contributed by atoms with Crippen LogP contribution in [0.2, 0.25) is 0 Å². The van der Waals surface area contributed by atoms with Crippen LogP contribution in [0.3, 0.4) is 0 Å². The Morgan fingerprint density at radius 1 is 0.714 bits per heavy atom. The van der Waals surface area contributed by atoms with Crippen molar-refractivity contribution in [2.45, 2.75) is 13.8 Å². The largest absolute Gasteiger partial charge is 0.453 e. The summed E-state index contributed by atoms with van der Waals surface area (Å²) in [6.07, 6.45) is 2.20. The van der Waals surface area contributed by atoms with Gasteiger partial charge in [-0.05, 0) is 0 Å². The molecule has 0 heterocycles. The maximum Gasteiger partial charge on any atom is 0.406 e. The number of nitrogens with one attached hydrogen (secondary N) is 1. The van der Waals surface area contributed by atoms with Gasteiger partial charge in [0, 0.05) is 21.1 Å². The summed E-state index contributed by atoms with van der Waals surface area (Å²) in [5.74, 6) is 0. The molecule has 7 heteroatoms. The molecule has 0 aliphatic heterocycles. The Bertz CT molecular complexity index is 489. The number of isocyanates is 2. The third kappa shape index (κ3) is 49.5. The maximum absolute atomic E-state index is 9.85. The van der Waals surface area contributed by atoms with Crippen molar-refractivity contribution >= 4 is 18.3 Å². The van der Waals surface area contributed by atoms with Crippen molar-refractivity contribution < 1.29 is 19.1 Å². The Morgan fingerprint density at radius 3 is 0.929 bits per heavy atom. The van der Waals surface area contributed by atoms with E-state index in [1.165, 1.54) is 40.4 Å². The fourth-order valence-corrected chi connectivity index (χ4v) is 0.872. The molecule has 154 valence electrons. The molecule has 0 aliphatic rings. The lowest BCUT2D eigenvalue weighted by molar-refractivity contribution is 0.173. The van der Waals surface area contributed by atoms with Gasteiger partial charge in [-0.3, -0.25) is 0 Å². The van der Waals surface area contributed by atoms with Crippen LogP contribution in [0, 0.1) is 0 Å². The molecule has 2 rings (SSSR count). The SMILES string of the molecule is CC.CN=C=O.CN=C=O.CNC(=O)OC.c1ccccc1.c1ccccc1. The van der Waals surface area contributed by atoms with Gasteiger partial charge < -0.3 is 10.1 Å². The van der Waals surface area contributed by atoms with Crippen LogP contribution >= 0.6 is 0 Å². The van der Waals surface area contributed by atoms with Crippen molar-refractivity contribution in [2.75, 3.05) is 28.3 Å². The minimum absolute atomic E-state index is 0.407. The molecule has 0 aliphatic carbocycles. The van der Waals surface area contributed by atoms with Crippen molar-refractivity contribution in [3.63, 3.8) is 0 Å². The van der Waals surface area contributed by atoms with Gasteiger partial charge >= 0.3 is 6.09 Å². The summed E-state index contributed by atoms with van der Waals surface area (Å²) >= 11 is 0. The van der Waals surface area contributed by atoms with E-state index in [2.05, 4.69) is 20.0 Å². The number of rotatable bonds is 0. The van der Waals surface area contributed by atoms with Crippen molar-refractivity contribution in [3.8, 4) is 0 Å². The van der Waals surface area contributed by atoms with E-state index in [0.29, 0.717) is 0 Å². The Balaban J connectivity index is -0.000000127. The number of hydrogen-bond donors (Lipinski definition) is 1. The molecule has 2 aromatic carbocycles. The van der Waals surface area contributed by atoms with Gasteiger partial charge in [0.15, 0.2) is 0 Å². The number of alkyl carbamates (subject to hydrolysis) is 1. The summed E-state index contributed by atoms with van der Waals surface area (Å²) in [7, 11) is 5.59. The van der Waals surface area contributed by atoms with Crippen LogP contribution in [0.4, 0.5) is 4.79 Å². The average molecular weight is 389 g/mol. The highest BCUT2D eigenvalue weighted by Gasteiger charge is 1.85. The smallest absolute Gasteiger partial charge is 0.406 e. The first kappa shape index (κ1) is 32.2. The second-order valence-corrected chi connectivity index (χ2v) is 3.68. The van der Waals surface area contributed by atoms with Gasteiger partial charge in [0.2, 0.25) is 12.2 Å². The van der Waals surface area contributed by atoms with E-state index in [9.17, 15) is 4.79 Å². The maximum atomic E-state index is 9.85. The van der Waals surface area contributed by atoms with Gasteiger partial charge in [-0.1, -0.05) is 86.6 Å². The fourth-order valence-electron chi connectivity index (χ4n) is 0.872. The molecular weight excluding hydrogens is 358 g/mol. The van der Waals surface area contributed by atoms with Crippen LogP contribution < -0.4 is 5.32 Å². The van der Waals surface area contributed by atoms with Crippen molar-refractivity contribution in [1.29, 1.82) is 0 Å². The monoisotopic (exact) mass is 389 g/mol. The summed E-state index contributed by atoms with van der Waals surface area (Å²) in [6, 6.07) is 24.0. The van der Waals surface area contributed by atoms with E-state index in [4.69, 9.17) is 9.59 Å². The second-order valence-electron chi connectivity index (χ2n) is 3.68. The zero-order valence-corrected chi connectivity index (χ0v) is 17.5. The quantitative estimate of drug-likeness (QED) is 0.537. The number of amides is 1. The van der Waals surface area contributed by atoms with Gasteiger partial charge in [-0.15, -0.1) is 0 Å². The normalized spacial score (nSPS) is 6.36. The Morgan fingerprint density at radius 2 is 0.893 bits per heavy atom.